The SMILES string of the molecule is COCCN1C(=O)C(C#N)=C(C)/C(=C\c2ccc(OCc3ccc(C)cc3)cc2)C1=O. The summed E-state index contributed by atoms with van der Waals surface area (Å²) in [4.78, 5) is 26.4. The van der Waals surface area contributed by atoms with Crippen LogP contribution in [0.25, 0.3) is 6.08 Å². The van der Waals surface area contributed by atoms with Crippen molar-refractivity contribution in [3.8, 4) is 11.8 Å². The number of rotatable bonds is 7. The van der Waals surface area contributed by atoms with Crippen LogP contribution in [0.3, 0.4) is 0 Å². The fourth-order valence-electron chi connectivity index (χ4n) is 3.19. The van der Waals surface area contributed by atoms with Gasteiger partial charge in [-0.05, 0) is 48.8 Å². The molecule has 0 fully saturated rings. The quantitative estimate of drug-likeness (QED) is 0.507. The van der Waals surface area contributed by atoms with Crippen LogP contribution in [0, 0.1) is 18.3 Å². The zero-order valence-electron chi connectivity index (χ0n) is 17.8. The topological polar surface area (TPSA) is 79.6 Å². The molecule has 158 valence electrons. The van der Waals surface area contributed by atoms with Crippen molar-refractivity contribution in [1.29, 1.82) is 5.26 Å². The van der Waals surface area contributed by atoms with Crippen LogP contribution < -0.4 is 4.74 Å². The van der Waals surface area contributed by atoms with E-state index in [9.17, 15) is 14.9 Å². The maximum absolute atomic E-state index is 12.9. The Labute approximate surface area is 182 Å². The van der Waals surface area contributed by atoms with E-state index in [-0.39, 0.29) is 18.7 Å². The molecule has 1 aliphatic rings. The Bertz CT molecular complexity index is 1070. The van der Waals surface area contributed by atoms with Crippen LogP contribution in [0.1, 0.15) is 23.6 Å². The Kier molecular flexibility index (Phi) is 7.01. The molecule has 0 aromatic heterocycles. The molecule has 0 radical (unpaired) electrons. The largest absolute Gasteiger partial charge is 0.489 e. The number of amides is 2. The van der Waals surface area contributed by atoms with E-state index in [0.717, 1.165) is 16.0 Å². The van der Waals surface area contributed by atoms with E-state index in [1.54, 1.807) is 13.0 Å². The van der Waals surface area contributed by atoms with Gasteiger partial charge in [-0.15, -0.1) is 0 Å². The van der Waals surface area contributed by atoms with Crippen molar-refractivity contribution in [3.05, 3.63) is 81.9 Å². The molecule has 2 aromatic carbocycles. The first-order valence-electron chi connectivity index (χ1n) is 9.91. The van der Waals surface area contributed by atoms with Gasteiger partial charge in [-0.3, -0.25) is 14.5 Å². The van der Waals surface area contributed by atoms with Crippen molar-refractivity contribution < 1.29 is 19.1 Å². The van der Waals surface area contributed by atoms with E-state index < -0.39 is 11.8 Å². The summed E-state index contributed by atoms with van der Waals surface area (Å²) in [6, 6.07) is 17.4. The summed E-state index contributed by atoms with van der Waals surface area (Å²) in [5.74, 6) is -0.308. The normalized spacial score (nSPS) is 15.4. The fourth-order valence-corrected chi connectivity index (χ4v) is 3.19. The molecule has 6 nitrogen and oxygen atoms in total. The van der Waals surface area contributed by atoms with Crippen molar-refractivity contribution in [2.75, 3.05) is 20.3 Å². The number of hydrogen-bond donors (Lipinski definition) is 0. The van der Waals surface area contributed by atoms with Gasteiger partial charge in [-0.25, -0.2) is 0 Å². The van der Waals surface area contributed by atoms with Crippen molar-refractivity contribution >= 4 is 17.9 Å². The smallest absolute Gasteiger partial charge is 0.271 e. The highest BCUT2D eigenvalue weighted by Gasteiger charge is 2.35. The lowest BCUT2D eigenvalue weighted by Crippen LogP contribution is -2.44. The number of nitriles is 1. The second-order valence-corrected chi connectivity index (χ2v) is 7.27. The molecule has 0 saturated heterocycles. The van der Waals surface area contributed by atoms with E-state index in [1.165, 1.54) is 12.7 Å². The van der Waals surface area contributed by atoms with Gasteiger partial charge >= 0.3 is 0 Å². The molecule has 0 spiro atoms. The van der Waals surface area contributed by atoms with E-state index in [2.05, 4.69) is 0 Å². The molecular formula is C25H24N2O4. The number of imide groups is 1. The van der Waals surface area contributed by atoms with Crippen molar-refractivity contribution in [2.45, 2.75) is 20.5 Å². The predicted octanol–water partition coefficient (Wildman–Crippen LogP) is 3.81. The van der Waals surface area contributed by atoms with Gasteiger partial charge in [-0.2, -0.15) is 5.26 Å². The maximum Gasteiger partial charge on any atom is 0.271 e. The van der Waals surface area contributed by atoms with Crippen molar-refractivity contribution in [3.63, 3.8) is 0 Å². The van der Waals surface area contributed by atoms with Gasteiger partial charge < -0.3 is 9.47 Å². The first-order chi connectivity index (χ1) is 14.9. The van der Waals surface area contributed by atoms with Gasteiger partial charge in [0.15, 0.2) is 0 Å². The number of aryl methyl sites for hydroxylation is 1. The van der Waals surface area contributed by atoms with Crippen molar-refractivity contribution in [2.24, 2.45) is 0 Å². The summed E-state index contributed by atoms with van der Waals surface area (Å²) < 4.78 is 10.8. The Balaban J connectivity index is 1.79. The van der Waals surface area contributed by atoms with Crippen molar-refractivity contribution in [1.82, 2.24) is 4.90 Å². The first kappa shape index (κ1) is 22.0. The molecule has 2 aromatic rings. The Hall–Kier alpha value is -3.69. The van der Waals surface area contributed by atoms with Gasteiger partial charge in [0.1, 0.15) is 24.0 Å². The van der Waals surface area contributed by atoms with Gasteiger partial charge in [0, 0.05) is 12.7 Å². The number of ether oxygens (including phenoxy) is 2. The molecule has 1 heterocycles. The maximum atomic E-state index is 12.9. The highest BCUT2D eigenvalue weighted by Crippen LogP contribution is 2.27. The summed E-state index contributed by atoms with van der Waals surface area (Å²) in [6.07, 6.45) is 1.69. The van der Waals surface area contributed by atoms with E-state index >= 15 is 0 Å². The minimum absolute atomic E-state index is 0.0278. The molecule has 6 heteroatoms. The predicted molar refractivity (Wildman–Crippen MR) is 117 cm³/mol. The second kappa shape index (κ2) is 9.88. The summed E-state index contributed by atoms with van der Waals surface area (Å²) in [7, 11) is 1.49. The second-order valence-electron chi connectivity index (χ2n) is 7.27. The molecule has 0 aliphatic carbocycles. The molecular weight excluding hydrogens is 392 g/mol. The highest BCUT2D eigenvalue weighted by molar-refractivity contribution is 6.19. The van der Waals surface area contributed by atoms with E-state index in [1.807, 2.05) is 61.5 Å². The Morgan fingerprint density at radius 2 is 1.68 bits per heavy atom. The molecule has 0 saturated carbocycles. The van der Waals surface area contributed by atoms with Gasteiger partial charge in [-0.1, -0.05) is 42.0 Å². The van der Waals surface area contributed by atoms with Crippen LogP contribution in [-0.4, -0.2) is 37.0 Å². The van der Waals surface area contributed by atoms with Crippen LogP contribution in [0.4, 0.5) is 0 Å². The van der Waals surface area contributed by atoms with E-state index in [4.69, 9.17) is 9.47 Å². The molecule has 0 unspecified atom stereocenters. The first-order valence-corrected chi connectivity index (χ1v) is 9.91. The monoisotopic (exact) mass is 416 g/mol. The van der Waals surface area contributed by atoms with Crippen LogP contribution >= 0.6 is 0 Å². The molecule has 2 amide bonds. The highest BCUT2D eigenvalue weighted by atomic mass is 16.5. The third-order valence-corrected chi connectivity index (χ3v) is 5.06. The van der Waals surface area contributed by atoms with Crippen LogP contribution in [0.15, 0.2) is 65.3 Å². The zero-order chi connectivity index (χ0) is 22.4. The summed E-state index contributed by atoms with van der Waals surface area (Å²) in [6.45, 7) is 4.42. The average Bonchev–Trinajstić information content (AvgIpc) is 2.77. The Morgan fingerprint density at radius 3 is 2.29 bits per heavy atom. The average molecular weight is 416 g/mol. The van der Waals surface area contributed by atoms with Gasteiger partial charge in [0.2, 0.25) is 0 Å². The number of carbonyl (C=O) groups is 2. The van der Waals surface area contributed by atoms with Crippen LogP contribution in [0.2, 0.25) is 0 Å². The molecule has 0 atom stereocenters. The number of nitrogens with zero attached hydrogens (tertiary/aromatic N) is 2. The Morgan fingerprint density at radius 1 is 1.00 bits per heavy atom. The number of hydrogen-bond acceptors (Lipinski definition) is 5. The van der Waals surface area contributed by atoms with E-state index in [0.29, 0.717) is 23.5 Å². The number of methoxy groups -OCH3 is 1. The lowest BCUT2D eigenvalue weighted by molar-refractivity contribution is -0.141. The third-order valence-electron chi connectivity index (χ3n) is 5.06. The molecule has 3 rings (SSSR count). The minimum atomic E-state index is -0.584. The molecule has 1 aliphatic heterocycles. The molecule has 31 heavy (non-hydrogen) atoms. The lowest BCUT2D eigenvalue weighted by atomic mass is 9.93. The molecule has 0 N–H and O–H groups in total. The third kappa shape index (κ3) is 5.08. The van der Waals surface area contributed by atoms with Crippen LogP contribution in [-0.2, 0) is 20.9 Å². The number of carbonyl (C=O) groups excluding carboxylic acids is 2. The minimum Gasteiger partial charge on any atom is -0.489 e. The number of benzene rings is 2. The summed E-state index contributed by atoms with van der Waals surface area (Å²) in [5, 5.41) is 9.41. The van der Waals surface area contributed by atoms with Gasteiger partial charge in [0.05, 0.1) is 13.2 Å². The molecule has 0 bridgehead atoms. The fraction of sp³-hybridized carbons (Fsp3) is 0.240. The zero-order valence-corrected chi connectivity index (χ0v) is 17.8. The van der Waals surface area contributed by atoms with Gasteiger partial charge in [0.25, 0.3) is 11.8 Å². The summed E-state index contributed by atoms with van der Waals surface area (Å²) >= 11 is 0. The summed E-state index contributed by atoms with van der Waals surface area (Å²) in [5.41, 5.74) is 3.72. The lowest BCUT2D eigenvalue weighted by Gasteiger charge is -2.27. The standard InChI is InChI=1S/C25H24N2O4/c1-17-4-6-20(7-5-17)16-31-21-10-8-19(9-11-21)14-22-18(2)23(15-26)25(29)27(24(22)28)12-13-30-3/h4-11,14H,12-13,16H2,1-3H3/b22-14+. The van der Waals surface area contributed by atoms with Crippen LogP contribution in [0.5, 0.6) is 5.75 Å².